The molecule has 2 aliphatic rings. The minimum Gasteiger partial charge on any atom is -0.299 e. The summed E-state index contributed by atoms with van der Waals surface area (Å²) >= 11 is 0. The summed E-state index contributed by atoms with van der Waals surface area (Å²) in [6, 6.07) is 0. The van der Waals surface area contributed by atoms with Gasteiger partial charge in [-0.3, -0.25) is 4.79 Å². The van der Waals surface area contributed by atoms with Gasteiger partial charge in [-0.05, 0) is 42.9 Å². The largest absolute Gasteiger partial charge is 0.299 e. The van der Waals surface area contributed by atoms with Crippen LogP contribution in [0.5, 0.6) is 0 Å². The van der Waals surface area contributed by atoms with Crippen LogP contribution in [0.1, 0.15) is 59.3 Å². The van der Waals surface area contributed by atoms with E-state index in [1.54, 1.807) is 0 Å². The minimum absolute atomic E-state index is 0.314. The molecular formula is C14H24O. The minimum atomic E-state index is 0.314. The van der Waals surface area contributed by atoms with E-state index >= 15 is 0 Å². The van der Waals surface area contributed by atoms with Gasteiger partial charge in [0.2, 0.25) is 0 Å². The number of carbonyl (C=O) groups is 1. The Morgan fingerprint density at radius 1 is 1.07 bits per heavy atom. The van der Waals surface area contributed by atoms with Crippen LogP contribution in [-0.2, 0) is 4.79 Å². The van der Waals surface area contributed by atoms with Crippen LogP contribution in [0, 0.1) is 23.2 Å². The molecule has 2 rings (SSSR count). The third-order valence-corrected chi connectivity index (χ3v) is 4.63. The second kappa shape index (κ2) is 3.92. The number of rotatable bonds is 0. The molecule has 0 amide bonds. The van der Waals surface area contributed by atoms with E-state index in [4.69, 9.17) is 0 Å². The first-order valence-electron chi connectivity index (χ1n) is 6.51. The number of carbonyl (C=O) groups excluding carboxylic acids is 1. The average Bonchev–Trinajstić information content (AvgIpc) is 2.52. The highest BCUT2D eigenvalue weighted by Crippen LogP contribution is 2.44. The van der Waals surface area contributed by atoms with Gasteiger partial charge in [0.25, 0.3) is 0 Å². The Balaban J connectivity index is 2.09. The maximum Gasteiger partial charge on any atom is 0.136 e. The van der Waals surface area contributed by atoms with Crippen LogP contribution in [0.3, 0.4) is 0 Å². The highest BCUT2D eigenvalue weighted by Gasteiger charge is 2.39. The summed E-state index contributed by atoms with van der Waals surface area (Å²) in [4.78, 5) is 12.2. The molecule has 0 N–H and O–H groups in total. The normalized spacial score (nSPS) is 37.5. The van der Waals surface area contributed by atoms with Gasteiger partial charge in [-0.2, -0.15) is 0 Å². The summed E-state index contributed by atoms with van der Waals surface area (Å²) in [5, 5.41) is 0. The lowest BCUT2D eigenvalue weighted by atomic mass is 9.76. The molecule has 0 aliphatic heterocycles. The Morgan fingerprint density at radius 2 is 1.80 bits per heavy atom. The molecule has 0 aromatic heterocycles. The summed E-state index contributed by atoms with van der Waals surface area (Å²) in [6.07, 6.45) is 7.22. The summed E-state index contributed by atoms with van der Waals surface area (Å²) in [7, 11) is 0. The van der Waals surface area contributed by atoms with Crippen LogP contribution in [0.2, 0.25) is 0 Å². The maximum atomic E-state index is 12.2. The van der Waals surface area contributed by atoms with Crippen LogP contribution in [0.4, 0.5) is 0 Å². The zero-order valence-corrected chi connectivity index (χ0v) is 10.4. The third-order valence-electron chi connectivity index (χ3n) is 4.63. The van der Waals surface area contributed by atoms with Gasteiger partial charge in [-0.1, -0.05) is 27.2 Å². The standard InChI is InChI=1S/C14H24O/c1-14(2,3)11-8-7-10-5-4-6-12(10)13(15)9-11/h10-12H,4-9H2,1-3H3/t10-,11+,12+/m0/s1. The van der Waals surface area contributed by atoms with Crippen molar-refractivity contribution < 1.29 is 4.79 Å². The highest BCUT2D eigenvalue weighted by atomic mass is 16.1. The molecular weight excluding hydrogens is 184 g/mol. The van der Waals surface area contributed by atoms with Gasteiger partial charge in [0.1, 0.15) is 5.78 Å². The predicted octanol–water partition coefficient (Wildman–Crippen LogP) is 3.82. The van der Waals surface area contributed by atoms with Gasteiger partial charge in [-0.25, -0.2) is 0 Å². The van der Waals surface area contributed by atoms with Crippen molar-refractivity contribution in [3.8, 4) is 0 Å². The molecule has 0 radical (unpaired) electrons. The second-order valence-electron chi connectivity index (χ2n) is 6.61. The highest BCUT2D eigenvalue weighted by molar-refractivity contribution is 5.82. The van der Waals surface area contributed by atoms with Crippen molar-refractivity contribution >= 4 is 5.78 Å². The van der Waals surface area contributed by atoms with Gasteiger partial charge in [0, 0.05) is 12.3 Å². The van der Waals surface area contributed by atoms with E-state index in [2.05, 4.69) is 20.8 Å². The summed E-state index contributed by atoms with van der Waals surface area (Å²) in [5.41, 5.74) is 0.314. The number of ketones is 1. The fourth-order valence-electron chi connectivity index (χ4n) is 3.46. The molecule has 15 heavy (non-hydrogen) atoms. The van der Waals surface area contributed by atoms with Gasteiger partial charge in [0.15, 0.2) is 0 Å². The van der Waals surface area contributed by atoms with Crippen molar-refractivity contribution in [2.75, 3.05) is 0 Å². The molecule has 0 saturated heterocycles. The molecule has 0 bridgehead atoms. The van der Waals surface area contributed by atoms with Crippen molar-refractivity contribution in [2.24, 2.45) is 23.2 Å². The Hall–Kier alpha value is -0.330. The molecule has 2 saturated carbocycles. The molecule has 2 fully saturated rings. The molecule has 0 aromatic carbocycles. The fraction of sp³-hybridized carbons (Fsp3) is 0.929. The van der Waals surface area contributed by atoms with Crippen molar-refractivity contribution in [3.63, 3.8) is 0 Å². The van der Waals surface area contributed by atoms with Gasteiger partial charge in [-0.15, -0.1) is 0 Å². The van der Waals surface area contributed by atoms with Crippen molar-refractivity contribution in [1.82, 2.24) is 0 Å². The van der Waals surface area contributed by atoms with E-state index in [1.807, 2.05) is 0 Å². The van der Waals surface area contributed by atoms with E-state index in [1.165, 1.54) is 32.1 Å². The van der Waals surface area contributed by atoms with Crippen LogP contribution in [0.25, 0.3) is 0 Å². The number of hydrogen-bond donors (Lipinski definition) is 0. The quantitative estimate of drug-likeness (QED) is 0.591. The van der Waals surface area contributed by atoms with Crippen LogP contribution in [0.15, 0.2) is 0 Å². The molecule has 2 aliphatic carbocycles. The number of Topliss-reactive ketones (excluding diaryl/α,β-unsaturated/α-hetero) is 1. The van der Waals surface area contributed by atoms with Crippen molar-refractivity contribution in [2.45, 2.75) is 59.3 Å². The third kappa shape index (κ3) is 2.26. The maximum absolute atomic E-state index is 12.2. The summed E-state index contributed by atoms with van der Waals surface area (Å²) < 4.78 is 0. The van der Waals surface area contributed by atoms with E-state index in [-0.39, 0.29) is 0 Å². The molecule has 0 heterocycles. The Kier molecular flexibility index (Phi) is 2.92. The van der Waals surface area contributed by atoms with E-state index in [0.29, 0.717) is 23.0 Å². The average molecular weight is 208 g/mol. The smallest absolute Gasteiger partial charge is 0.136 e. The van der Waals surface area contributed by atoms with Crippen LogP contribution < -0.4 is 0 Å². The fourth-order valence-corrected chi connectivity index (χ4v) is 3.46. The molecule has 3 atom stereocenters. The zero-order valence-electron chi connectivity index (χ0n) is 10.4. The Morgan fingerprint density at radius 3 is 2.47 bits per heavy atom. The molecule has 0 aromatic rings. The zero-order chi connectivity index (χ0) is 11.1. The number of fused-ring (bicyclic) bond motifs is 1. The van der Waals surface area contributed by atoms with Crippen molar-refractivity contribution in [1.29, 1.82) is 0 Å². The Bertz CT molecular complexity index is 249. The van der Waals surface area contributed by atoms with E-state index in [0.717, 1.165) is 12.3 Å². The van der Waals surface area contributed by atoms with E-state index in [9.17, 15) is 4.79 Å². The lowest BCUT2D eigenvalue weighted by molar-refractivity contribution is -0.124. The van der Waals surface area contributed by atoms with E-state index < -0.39 is 0 Å². The van der Waals surface area contributed by atoms with Gasteiger partial charge >= 0.3 is 0 Å². The van der Waals surface area contributed by atoms with Crippen LogP contribution >= 0.6 is 0 Å². The molecule has 0 spiro atoms. The first-order valence-corrected chi connectivity index (χ1v) is 6.51. The lowest BCUT2D eigenvalue weighted by Gasteiger charge is -2.29. The lowest BCUT2D eigenvalue weighted by Crippen LogP contribution is -2.23. The first-order chi connectivity index (χ1) is 6.98. The molecule has 0 unspecified atom stereocenters. The summed E-state index contributed by atoms with van der Waals surface area (Å²) in [6.45, 7) is 6.85. The molecule has 1 nitrogen and oxygen atoms in total. The van der Waals surface area contributed by atoms with Gasteiger partial charge < -0.3 is 0 Å². The number of hydrogen-bond acceptors (Lipinski definition) is 1. The molecule has 86 valence electrons. The first kappa shape index (κ1) is 11.2. The van der Waals surface area contributed by atoms with Gasteiger partial charge in [0.05, 0.1) is 0 Å². The van der Waals surface area contributed by atoms with Crippen LogP contribution in [-0.4, -0.2) is 5.78 Å². The monoisotopic (exact) mass is 208 g/mol. The Labute approximate surface area is 93.6 Å². The topological polar surface area (TPSA) is 17.1 Å². The summed E-state index contributed by atoms with van der Waals surface area (Å²) in [5.74, 6) is 2.38. The predicted molar refractivity (Wildman–Crippen MR) is 62.6 cm³/mol. The molecule has 1 heteroatoms. The SMILES string of the molecule is CC(C)(C)[C@@H]1CC[C@@H]2CCC[C@H]2C(=O)C1. The second-order valence-corrected chi connectivity index (χ2v) is 6.61. The van der Waals surface area contributed by atoms with Crippen molar-refractivity contribution in [3.05, 3.63) is 0 Å².